The SMILES string of the molecule is COC(=O)c1ccccc1COc1ccc(CCNC[C@H](O)COc2ccccc2NS(C)(=O)=O)cc1. The summed E-state index contributed by atoms with van der Waals surface area (Å²) in [5, 5.41) is 13.4. The van der Waals surface area contributed by atoms with Crippen molar-refractivity contribution in [3.8, 4) is 11.5 Å². The topological polar surface area (TPSA) is 123 Å². The number of anilines is 1. The van der Waals surface area contributed by atoms with E-state index >= 15 is 0 Å². The van der Waals surface area contributed by atoms with Crippen LogP contribution >= 0.6 is 0 Å². The lowest BCUT2D eigenvalue weighted by atomic mass is 10.1. The molecule has 0 radical (unpaired) electrons. The van der Waals surface area contributed by atoms with Gasteiger partial charge in [0.15, 0.2) is 0 Å². The highest BCUT2D eigenvalue weighted by atomic mass is 32.2. The summed E-state index contributed by atoms with van der Waals surface area (Å²) in [5.74, 6) is 0.644. The zero-order chi connectivity index (χ0) is 26.7. The number of carbonyl (C=O) groups is 1. The van der Waals surface area contributed by atoms with Crippen LogP contribution in [-0.4, -0.2) is 58.7 Å². The molecule has 3 rings (SSSR count). The van der Waals surface area contributed by atoms with E-state index in [0.717, 1.165) is 23.8 Å². The van der Waals surface area contributed by atoms with E-state index in [1.807, 2.05) is 36.4 Å². The second-order valence-electron chi connectivity index (χ2n) is 8.37. The Morgan fingerprint density at radius 1 is 0.973 bits per heavy atom. The molecule has 0 spiro atoms. The summed E-state index contributed by atoms with van der Waals surface area (Å²) in [5.41, 5.74) is 2.65. The van der Waals surface area contributed by atoms with Gasteiger partial charge in [0.25, 0.3) is 0 Å². The van der Waals surface area contributed by atoms with E-state index in [9.17, 15) is 18.3 Å². The van der Waals surface area contributed by atoms with E-state index in [1.54, 1.807) is 36.4 Å². The highest BCUT2D eigenvalue weighted by Crippen LogP contribution is 2.24. The quantitative estimate of drug-likeness (QED) is 0.216. The fourth-order valence-corrected chi connectivity index (χ4v) is 4.06. The molecule has 0 saturated carbocycles. The lowest BCUT2D eigenvalue weighted by Gasteiger charge is -2.16. The van der Waals surface area contributed by atoms with Crippen molar-refractivity contribution in [2.24, 2.45) is 0 Å². The average molecular weight is 529 g/mol. The number of para-hydroxylation sites is 2. The molecule has 0 bridgehead atoms. The van der Waals surface area contributed by atoms with Gasteiger partial charge in [0.2, 0.25) is 10.0 Å². The zero-order valence-corrected chi connectivity index (χ0v) is 21.7. The number of hydrogen-bond donors (Lipinski definition) is 3. The highest BCUT2D eigenvalue weighted by molar-refractivity contribution is 7.92. The molecular formula is C27H32N2O7S. The monoisotopic (exact) mass is 528 g/mol. The molecular weight excluding hydrogens is 496 g/mol. The lowest BCUT2D eigenvalue weighted by Crippen LogP contribution is -2.32. The molecule has 9 nitrogen and oxygen atoms in total. The first-order chi connectivity index (χ1) is 17.7. The van der Waals surface area contributed by atoms with Crippen molar-refractivity contribution in [2.45, 2.75) is 19.1 Å². The third kappa shape index (κ3) is 9.41. The Hall–Kier alpha value is -3.60. The number of esters is 1. The molecule has 1 atom stereocenters. The average Bonchev–Trinajstić information content (AvgIpc) is 2.89. The minimum Gasteiger partial charge on any atom is -0.489 e. The highest BCUT2D eigenvalue weighted by Gasteiger charge is 2.12. The maximum absolute atomic E-state index is 11.9. The number of aliphatic hydroxyl groups is 1. The van der Waals surface area contributed by atoms with Crippen molar-refractivity contribution in [2.75, 3.05) is 37.8 Å². The van der Waals surface area contributed by atoms with Crippen molar-refractivity contribution in [3.63, 3.8) is 0 Å². The number of benzene rings is 3. The molecule has 0 heterocycles. The van der Waals surface area contributed by atoms with Gasteiger partial charge in [0.05, 0.1) is 24.6 Å². The van der Waals surface area contributed by atoms with Crippen LogP contribution in [0.2, 0.25) is 0 Å². The molecule has 0 amide bonds. The van der Waals surface area contributed by atoms with Crippen molar-refractivity contribution in [1.29, 1.82) is 0 Å². The predicted octanol–water partition coefficient (Wildman–Crippen LogP) is 3.00. The Labute approximate surface area is 217 Å². The van der Waals surface area contributed by atoms with Crippen LogP contribution in [0.3, 0.4) is 0 Å². The zero-order valence-electron chi connectivity index (χ0n) is 20.8. The Balaban J connectivity index is 1.38. The van der Waals surface area contributed by atoms with Crippen molar-refractivity contribution >= 4 is 21.7 Å². The van der Waals surface area contributed by atoms with Gasteiger partial charge in [-0.25, -0.2) is 13.2 Å². The van der Waals surface area contributed by atoms with Gasteiger partial charge in [-0.1, -0.05) is 42.5 Å². The molecule has 0 aliphatic carbocycles. The number of nitrogens with one attached hydrogen (secondary N) is 2. The third-order valence-corrected chi connectivity index (χ3v) is 5.92. The Bertz CT molecular complexity index is 1260. The van der Waals surface area contributed by atoms with Gasteiger partial charge in [-0.2, -0.15) is 0 Å². The molecule has 10 heteroatoms. The smallest absolute Gasteiger partial charge is 0.338 e. The molecule has 198 valence electrons. The van der Waals surface area contributed by atoms with E-state index < -0.39 is 22.1 Å². The van der Waals surface area contributed by atoms with Gasteiger partial charge in [-0.05, 0) is 48.9 Å². The molecule has 0 saturated heterocycles. The molecule has 3 aromatic carbocycles. The number of rotatable bonds is 14. The summed E-state index contributed by atoms with van der Waals surface area (Å²) in [4.78, 5) is 11.9. The van der Waals surface area contributed by atoms with E-state index in [1.165, 1.54) is 7.11 Å². The van der Waals surface area contributed by atoms with E-state index in [0.29, 0.717) is 35.8 Å². The molecule has 0 aliphatic heterocycles. The molecule has 0 unspecified atom stereocenters. The fourth-order valence-electron chi connectivity index (χ4n) is 3.49. The number of aliphatic hydroxyl groups excluding tert-OH is 1. The van der Waals surface area contributed by atoms with Gasteiger partial charge >= 0.3 is 5.97 Å². The Morgan fingerprint density at radius 2 is 1.68 bits per heavy atom. The largest absolute Gasteiger partial charge is 0.489 e. The normalized spacial score (nSPS) is 12.0. The van der Waals surface area contributed by atoms with Gasteiger partial charge in [-0.3, -0.25) is 4.72 Å². The molecule has 0 fully saturated rings. The molecule has 3 aromatic rings. The summed E-state index contributed by atoms with van der Waals surface area (Å²) >= 11 is 0. The fraction of sp³-hybridized carbons (Fsp3) is 0.296. The van der Waals surface area contributed by atoms with Gasteiger partial charge in [0, 0.05) is 12.1 Å². The first-order valence-electron chi connectivity index (χ1n) is 11.7. The molecule has 0 aromatic heterocycles. The van der Waals surface area contributed by atoms with Crippen LogP contribution in [0.25, 0.3) is 0 Å². The van der Waals surface area contributed by atoms with E-state index in [4.69, 9.17) is 14.2 Å². The first-order valence-corrected chi connectivity index (χ1v) is 13.6. The van der Waals surface area contributed by atoms with Crippen LogP contribution < -0.4 is 19.5 Å². The third-order valence-electron chi connectivity index (χ3n) is 5.32. The van der Waals surface area contributed by atoms with Crippen LogP contribution in [0.5, 0.6) is 11.5 Å². The van der Waals surface area contributed by atoms with Crippen molar-refractivity contribution in [1.82, 2.24) is 5.32 Å². The van der Waals surface area contributed by atoms with Crippen molar-refractivity contribution < 1.29 is 32.5 Å². The molecule has 0 aliphatic rings. The summed E-state index contributed by atoms with van der Waals surface area (Å²) in [6, 6.07) is 21.5. The Morgan fingerprint density at radius 3 is 2.41 bits per heavy atom. The van der Waals surface area contributed by atoms with E-state index in [2.05, 4.69) is 10.0 Å². The summed E-state index contributed by atoms with van der Waals surface area (Å²) in [7, 11) is -2.09. The lowest BCUT2D eigenvalue weighted by molar-refractivity contribution is 0.0597. The standard InChI is InChI=1S/C27H32N2O7S/c1-34-27(31)24-8-4-3-7-21(24)18-35-23-13-11-20(12-14-23)15-16-28-17-22(30)19-36-26-10-6-5-9-25(26)29-37(2,32)33/h3-14,22,28-30H,15-19H2,1-2H3/t22-/m0/s1. The van der Waals surface area contributed by atoms with Crippen LogP contribution in [0.4, 0.5) is 5.69 Å². The second kappa shape index (κ2) is 13.6. The minimum atomic E-state index is -3.44. The van der Waals surface area contributed by atoms with Gasteiger partial charge in [0.1, 0.15) is 30.8 Å². The Kier molecular flexibility index (Phi) is 10.3. The van der Waals surface area contributed by atoms with Crippen LogP contribution in [0, 0.1) is 0 Å². The summed E-state index contributed by atoms with van der Waals surface area (Å²) in [6.07, 6.45) is 1.05. The first kappa shape index (κ1) is 28.0. The van der Waals surface area contributed by atoms with Gasteiger partial charge in [-0.15, -0.1) is 0 Å². The predicted molar refractivity (Wildman–Crippen MR) is 142 cm³/mol. The number of carbonyl (C=O) groups excluding carboxylic acids is 1. The van der Waals surface area contributed by atoms with Crippen LogP contribution in [-0.2, 0) is 27.8 Å². The summed E-state index contributed by atoms with van der Waals surface area (Å²) < 4.78 is 41.6. The minimum absolute atomic E-state index is 0.0145. The van der Waals surface area contributed by atoms with Gasteiger partial charge < -0.3 is 24.6 Å². The number of hydrogen-bond acceptors (Lipinski definition) is 8. The maximum atomic E-state index is 11.9. The molecule has 37 heavy (non-hydrogen) atoms. The van der Waals surface area contributed by atoms with Crippen LogP contribution in [0.15, 0.2) is 72.8 Å². The van der Waals surface area contributed by atoms with Crippen LogP contribution in [0.1, 0.15) is 21.5 Å². The second-order valence-corrected chi connectivity index (χ2v) is 10.1. The molecule has 3 N–H and O–H groups in total. The van der Waals surface area contributed by atoms with E-state index in [-0.39, 0.29) is 13.2 Å². The van der Waals surface area contributed by atoms with Crippen molar-refractivity contribution in [3.05, 3.63) is 89.5 Å². The number of ether oxygens (including phenoxy) is 3. The summed E-state index contributed by atoms with van der Waals surface area (Å²) in [6.45, 7) is 1.24. The number of sulfonamides is 1. The number of methoxy groups -OCH3 is 1. The maximum Gasteiger partial charge on any atom is 0.338 e.